The Kier molecular flexibility index (Phi) is 4.58. The number of benzene rings is 2. The molecule has 0 radical (unpaired) electrons. The largest absolute Gasteiger partial charge is 0.381 e. The number of rotatable bonds is 4. The van der Waals surface area contributed by atoms with Crippen LogP contribution in [-0.4, -0.2) is 13.0 Å². The Morgan fingerprint density at radius 1 is 1.20 bits per heavy atom. The summed E-state index contributed by atoms with van der Waals surface area (Å²) in [4.78, 5) is 11.4. The number of carbonyl (C=O) groups is 1. The van der Waals surface area contributed by atoms with Gasteiger partial charge in [-0.3, -0.25) is 4.79 Å². The maximum absolute atomic E-state index is 13.0. The fourth-order valence-corrected chi connectivity index (χ4v) is 1.91. The quantitative estimate of drug-likeness (QED) is 0.906. The normalized spacial score (nSPS) is 10.2. The Balaban J connectivity index is 2.00. The van der Waals surface area contributed by atoms with E-state index in [2.05, 4.69) is 10.6 Å². The summed E-state index contributed by atoms with van der Waals surface area (Å²) in [5.41, 5.74) is 2.37. The Morgan fingerprint density at radius 3 is 2.50 bits per heavy atom. The Morgan fingerprint density at radius 2 is 1.90 bits per heavy atom. The first-order chi connectivity index (χ1) is 9.60. The first-order valence-corrected chi connectivity index (χ1v) is 6.48. The van der Waals surface area contributed by atoms with E-state index in [0.717, 1.165) is 11.3 Å². The predicted octanol–water partition coefficient (Wildman–Crippen LogP) is 3.45. The van der Waals surface area contributed by atoms with Crippen molar-refractivity contribution < 1.29 is 9.18 Å². The van der Waals surface area contributed by atoms with Gasteiger partial charge in [0.25, 0.3) is 5.91 Å². The van der Waals surface area contributed by atoms with E-state index in [1.54, 1.807) is 25.2 Å². The fourth-order valence-electron chi connectivity index (χ4n) is 1.73. The first-order valence-electron chi connectivity index (χ1n) is 6.10. The molecule has 0 saturated heterocycles. The number of carbonyl (C=O) groups excluding carboxylic acids is 1. The van der Waals surface area contributed by atoms with Crippen LogP contribution in [0.1, 0.15) is 15.9 Å². The summed E-state index contributed by atoms with van der Waals surface area (Å²) >= 11 is 5.71. The zero-order valence-electron chi connectivity index (χ0n) is 10.9. The van der Waals surface area contributed by atoms with E-state index in [0.29, 0.717) is 12.1 Å². The van der Waals surface area contributed by atoms with E-state index >= 15 is 0 Å². The summed E-state index contributed by atoms with van der Waals surface area (Å²) in [6.45, 7) is 0.565. The zero-order valence-corrected chi connectivity index (χ0v) is 11.7. The second-order valence-corrected chi connectivity index (χ2v) is 4.67. The van der Waals surface area contributed by atoms with Crippen LogP contribution in [0.2, 0.25) is 5.02 Å². The van der Waals surface area contributed by atoms with E-state index in [1.165, 1.54) is 12.1 Å². The van der Waals surface area contributed by atoms with Crippen molar-refractivity contribution >= 4 is 23.2 Å². The van der Waals surface area contributed by atoms with Crippen molar-refractivity contribution in [2.45, 2.75) is 6.54 Å². The van der Waals surface area contributed by atoms with Gasteiger partial charge < -0.3 is 10.6 Å². The average molecular weight is 293 g/mol. The zero-order chi connectivity index (χ0) is 14.5. The van der Waals surface area contributed by atoms with Gasteiger partial charge >= 0.3 is 0 Å². The van der Waals surface area contributed by atoms with Crippen LogP contribution in [0, 0.1) is 5.82 Å². The van der Waals surface area contributed by atoms with Crippen LogP contribution in [0.25, 0.3) is 0 Å². The molecule has 1 amide bonds. The number of hydrogen-bond donors (Lipinski definition) is 2. The molecule has 0 aliphatic carbocycles. The monoisotopic (exact) mass is 292 g/mol. The van der Waals surface area contributed by atoms with Gasteiger partial charge in [-0.05, 0) is 35.9 Å². The van der Waals surface area contributed by atoms with Gasteiger partial charge in [-0.15, -0.1) is 0 Å². The third-order valence-electron chi connectivity index (χ3n) is 2.86. The van der Waals surface area contributed by atoms with Crippen molar-refractivity contribution in [2.24, 2.45) is 0 Å². The van der Waals surface area contributed by atoms with Gasteiger partial charge in [0.2, 0.25) is 0 Å². The summed E-state index contributed by atoms with van der Waals surface area (Å²) in [5.74, 6) is -0.554. The molecule has 0 fully saturated rings. The highest BCUT2D eigenvalue weighted by atomic mass is 35.5. The number of hydrogen-bond acceptors (Lipinski definition) is 2. The molecule has 3 nitrogen and oxygen atoms in total. The Hall–Kier alpha value is -2.07. The second-order valence-electron chi connectivity index (χ2n) is 4.26. The molecule has 0 unspecified atom stereocenters. The molecule has 0 aliphatic rings. The summed E-state index contributed by atoms with van der Waals surface area (Å²) in [5, 5.41) is 5.79. The molecular weight excluding hydrogens is 279 g/mol. The minimum Gasteiger partial charge on any atom is -0.381 e. The second kappa shape index (κ2) is 6.39. The van der Waals surface area contributed by atoms with Crippen molar-refractivity contribution in [3.8, 4) is 0 Å². The minimum absolute atomic E-state index is 0.0879. The lowest BCUT2D eigenvalue weighted by Gasteiger charge is -2.08. The summed E-state index contributed by atoms with van der Waals surface area (Å²) in [6.07, 6.45) is 0. The predicted molar refractivity (Wildman–Crippen MR) is 78.6 cm³/mol. The van der Waals surface area contributed by atoms with E-state index in [9.17, 15) is 9.18 Å². The first kappa shape index (κ1) is 14.3. The van der Waals surface area contributed by atoms with Crippen LogP contribution in [0.5, 0.6) is 0 Å². The molecule has 5 heteroatoms. The number of halogens is 2. The summed E-state index contributed by atoms with van der Waals surface area (Å²) in [7, 11) is 1.59. The lowest BCUT2D eigenvalue weighted by atomic mass is 10.1. The van der Waals surface area contributed by atoms with Crippen molar-refractivity contribution in [2.75, 3.05) is 12.4 Å². The van der Waals surface area contributed by atoms with Crippen LogP contribution in [-0.2, 0) is 6.54 Å². The minimum atomic E-state index is -0.438. The highest BCUT2D eigenvalue weighted by molar-refractivity contribution is 6.31. The molecule has 0 bridgehead atoms. The molecule has 0 aromatic heterocycles. The fraction of sp³-hybridized carbons (Fsp3) is 0.133. The number of nitrogens with one attached hydrogen (secondary N) is 2. The third-order valence-corrected chi connectivity index (χ3v) is 3.15. The summed E-state index contributed by atoms with van der Waals surface area (Å²) < 4.78 is 13.0. The van der Waals surface area contributed by atoms with E-state index in [-0.39, 0.29) is 10.9 Å². The van der Waals surface area contributed by atoms with Crippen LogP contribution in [0.3, 0.4) is 0 Å². The number of anilines is 1. The van der Waals surface area contributed by atoms with Crippen LogP contribution >= 0.6 is 11.6 Å². The highest BCUT2D eigenvalue weighted by Gasteiger charge is 2.03. The molecule has 0 aliphatic heterocycles. The SMILES string of the molecule is CNC(=O)c1ccc(CNc2ccc(F)c(Cl)c2)cc1. The molecule has 0 heterocycles. The van der Waals surface area contributed by atoms with Crippen molar-refractivity contribution in [1.82, 2.24) is 5.32 Å². The summed E-state index contributed by atoms with van der Waals surface area (Å²) in [6, 6.07) is 11.7. The highest BCUT2D eigenvalue weighted by Crippen LogP contribution is 2.19. The molecular formula is C15H14ClFN2O. The van der Waals surface area contributed by atoms with E-state index < -0.39 is 5.82 Å². The van der Waals surface area contributed by atoms with Crippen molar-refractivity contribution in [1.29, 1.82) is 0 Å². The topological polar surface area (TPSA) is 41.1 Å². The number of amides is 1. The van der Waals surface area contributed by atoms with E-state index in [4.69, 9.17) is 11.6 Å². The lowest BCUT2D eigenvalue weighted by molar-refractivity contribution is 0.0963. The molecule has 2 rings (SSSR count). The Labute approximate surface area is 121 Å². The molecule has 104 valence electrons. The smallest absolute Gasteiger partial charge is 0.251 e. The van der Waals surface area contributed by atoms with Crippen molar-refractivity contribution in [3.05, 3.63) is 64.4 Å². The molecule has 0 atom stereocenters. The maximum atomic E-state index is 13.0. The van der Waals surface area contributed by atoms with Crippen LogP contribution in [0.4, 0.5) is 10.1 Å². The molecule has 2 aromatic carbocycles. The lowest BCUT2D eigenvalue weighted by Crippen LogP contribution is -2.17. The van der Waals surface area contributed by atoms with Gasteiger partial charge in [-0.1, -0.05) is 23.7 Å². The standard InChI is InChI=1S/C15H14ClFN2O/c1-18-15(20)11-4-2-10(3-5-11)9-19-12-6-7-14(17)13(16)8-12/h2-8,19H,9H2,1H3,(H,18,20). The molecule has 0 spiro atoms. The van der Waals surface area contributed by atoms with Gasteiger partial charge in [-0.2, -0.15) is 0 Å². The van der Waals surface area contributed by atoms with Gasteiger partial charge in [0.05, 0.1) is 5.02 Å². The van der Waals surface area contributed by atoms with Gasteiger partial charge in [-0.25, -0.2) is 4.39 Å². The van der Waals surface area contributed by atoms with Gasteiger partial charge in [0, 0.05) is 24.8 Å². The van der Waals surface area contributed by atoms with Crippen molar-refractivity contribution in [3.63, 3.8) is 0 Å². The Bertz CT molecular complexity index is 614. The van der Waals surface area contributed by atoms with Crippen LogP contribution < -0.4 is 10.6 Å². The van der Waals surface area contributed by atoms with Crippen LogP contribution in [0.15, 0.2) is 42.5 Å². The molecule has 20 heavy (non-hydrogen) atoms. The molecule has 0 saturated carbocycles. The van der Waals surface area contributed by atoms with Gasteiger partial charge in [0.1, 0.15) is 5.82 Å². The average Bonchev–Trinajstić information content (AvgIpc) is 2.48. The van der Waals surface area contributed by atoms with E-state index in [1.807, 2.05) is 12.1 Å². The molecule has 2 aromatic rings. The maximum Gasteiger partial charge on any atom is 0.251 e. The van der Waals surface area contributed by atoms with Gasteiger partial charge in [0.15, 0.2) is 0 Å². The molecule has 2 N–H and O–H groups in total. The third kappa shape index (κ3) is 3.48.